The first-order chi connectivity index (χ1) is 17.0. The largest absolute Gasteiger partial charge is 0.351 e. The van der Waals surface area contributed by atoms with E-state index >= 15 is 0 Å². The van der Waals surface area contributed by atoms with Crippen LogP contribution in [0.5, 0.6) is 0 Å². The lowest BCUT2D eigenvalue weighted by Crippen LogP contribution is -2.49. The summed E-state index contributed by atoms with van der Waals surface area (Å²) in [6.07, 6.45) is 6.13. The Morgan fingerprint density at radius 2 is 1.86 bits per heavy atom. The van der Waals surface area contributed by atoms with Gasteiger partial charge in [0.1, 0.15) is 10.7 Å². The van der Waals surface area contributed by atoms with Crippen LogP contribution in [-0.4, -0.2) is 56.0 Å². The first-order valence-corrected chi connectivity index (χ1v) is 13.2. The number of aromatic amines is 1. The van der Waals surface area contributed by atoms with Crippen molar-refractivity contribution < 1.29 is 8.42 Å². The summed E-state index contributed by atoms with van der Waals surface area (Å²) in [4.78, 5) is 13.7. The second kappa shape index (κ2) is 8.58. The van der Waals surface area contributed by atoms with E-state index in [2.05, 4.69) is 25.8 Å². The summed E-state index contributed by atoms with van der Waals surface area (Å²) < 4.78 is 28.3. The lowest BCUT2D eigenvalue weighted by Gasteiger charge is -2.38. The Bertz CT molecular complexity index is 1460. The van der Waals surface area contributed by atoms with Crippen LogP contribution in [0.2, 0.25) is 0 Å². The highest BCUT2D eigenvalue weighted by Gasteiger charge is 2.47. The summed E-state index contributed by atoms with van der Waals surface area (Å²) in [5, 5.41) is 14.9. The van der Waals surface area contributed by atoms with Gasteiger partial charge in [-0.2, -0.15) is 14.4 Å². The van der Waals surface area contributed by atoms with Crippen molar-refractivity contribution in [3.05, 3.63) is 60.6 Å². The molecule has 2 saturated heterocycles. The minimum atomic E-state index is -3.57. The monoisotopic (exact) mass is 490 g/mol. The summed E-state index contributed by atoms with van der Waals surface area (Å²) in [5.74, 6) is 1.87. The van der Waals surface area contributed by atoms with Crippen LogP contribution in [0.25, 0.3) is 10.9 Å². The highest BCUT2D eigenvalue weighted by molar-refractivity contribution is 7.89. The van der Waals surface area contributed by atoms with Crippen molar-refractivity contribution in [2.24, 2.45) is 0 Å². The number of fused-ring (bicyclic) bond motifs is 3. The van der Waals surface area contributed by atoms with Gasteiger partial charge in [-0.05, 0) is 56.9 Å². The van der Waals surface area contributed by atoms with Crippen molar-refractivity contribution in [1.82, 2.24) is 29.5 Å². The lowest BCUT2D eigenvalue weighted by atomic mass is 10.00. The zero-order valence-electron chi connectivity index (χ0n) is 19.2. The number of nitrogens with one attached hydrogen (secondary N) is 3. The molecule has 4 aromatic rings. The molecule has 1 unspecified atom stereocenters. The molecule has 3 aromatic heterocycles. The Balaban J connectivity index is 1.25. The van der Waals surface area contributed by atoms with Gasteiger partial charge >= 0.3 is 0 Å². The van der Waals surface area contributed by atoms with Gasteiger partial charge in [-0.25, -0.2) is 13.4 Å². The maximum atomic E-state index is 13.3. The number of anilines is 3. The number of sulfonamides is 1. The fourth-order valence-corrected chi connectivity index (χ4v) is 7.14. The summed E-state index contributed by atoms with van der Waals surface area (Å²) >= 11 is 0. The first-order valence-electron chi connectivity index (χ1n) is 11.7. The van der Waals surface area contributed by atoms with Crippen LogP contribution in [0, 0.1) is 6.92 Å². The average Bonchev–Trinajstić information content (AvgIpc) is 3.39. The van der Waals surface area contributed by atoms with Crippen LogP contribution >= 0.6 is 0 Å². The van der Waals surface area contributed by atoms with Crippen molar-refractivity contribution in [2.45, 2.75) is 55.6 Å². The molecule has 10 nitrogen and oxygen atoms in total. The van der Waals surface area contributed by atoms with E-state index in [0.717, 1.165) is 29.4 Å². The molecule has 0 radical (unpaired) electrons. The third-order valence-corrected chi connectivity index (χ3v) is 8.75. The molecular weight excluding hydrogens is 464 g/mol. The van der Waals surface area contributed by atoms with Gasteiger partial charge in [-0.3, -0.25) is 10.1 Å². The molecule has 11 heteroatoms. The molecule has 0 amide bonds. The van der Waals surface area contributed by atoms with Gasteiger partial charge in [-0.1, -0.05) is 12.1 Å². The van der Waals surface area contributed by atoms with Crippen molar-refractivity contribution >= 4 is 38.5 Å². The van der Waals surface area contributed by atoms with Crippen LogP contribution in [-0.2, 0) is 10.0 Å². The Hall–Kier alpha value is -3.57. The maximum absolute atomic E-state index is 13.3. The quantitative estimate of drug-likeness (QED) is 0.374. The summed E-state index contributed by atoms with van der Waals surface area (Å²) in [6.45, 7) is 1.94. The normalized spacial score (nSPS) is 22.4. The van der Waals surface area contributed by atoms with E-state index in [1.807, 2.05) is 37.3 Å². The lowest BCUT2D eigenvalue weighted by molar-refractivity contribution is 0.234. The predicted octanol–water partition coefficient (Wildman–Crippen LogP) is 3.60. The molecule has 5 heterocycles. The van der Waals surface area contributed by atoms with E-state index in [-0.39, 0.29) is 23.0 Å². The molecule has 180 valence electrons. The van der Waals surface area contributed by atoms with E-state index in [1.165, 1.54) is 6.20 Å². The van der Waals surface area contributed by atoms with Crippen LogP contribution in [0.15, 0.2) is 59.8 Å². The number of nitrogens with zero attached hydrogens (tertiary/aromatic N) is 5. The third kappa shape index (κ3) is 4.10. The zero-order valence-corrected chi connectivity index (χ0v) is 20.0. The van der Waals surface area contributed by atoms with Crippen LogP contribution in [0.4, 0.5) is 17.6 Å². The molecule has 2 bridgehead atoms. The predicted molar refractivity (Wildman–Crippen MR) is 133 cm³/mol. The van der Waals surface area contributed by atoms with Gasteiger partial charge in [0.2, 0.25) is 16.0 Å². The molecule has 3 atom stereocenters. The van der Waals surface area contributed by atoms with E-state index < -0.39 is 10.0 Å². The molecule has 3 N–H and O–H groups in total. The van der Waals surface area contributed by atoms with Crippen molar-refractivity contribution in [1.29, 1.82) is 0 Å². The molecule has 0 saturated carbocycles. The topological polar surface area (TPSA) is 129 Å². The number of pyridine rings is 1. The smallest absolute Gasteiger partial charge is 0.245 e. The average molecular weight is 491 g/mol. The first kappa shape index (κ1) is 21.9. The second-order valence-electron chi connectivity index (χ2n) is 9.20. The van der Waals surface area contributed by atoms with Crippen LogP contribution in [0.1, 0.15) is 31.4 Å². The Kier molecular flexibility index (Phi) is 5.37. The number of aromatic nitrogens is 5. The van der Waals surface area contributed by atoms with E-state index in [0.29, 0.717) is 30.4 Å². The highest BCUT2D eigenvalue weighted by atomic mass is 32.2. The molecule has 2 aliphatic heterocycles. The molecule has 1 aromatic carbocycles. The van der Waals surface area contributed by atoms with Gasteiger partial charge < -0.3 is 10.6 Å². The minimum Gasteiger partial charge on any atom is -0.351 e. The molecular formula is C24H26N8O2S. The van der Waals surface area contributed by atoms with Gasteiger partial charge in [0.15, 0.2) is 5.82 Å². The summed E-state index contributed by atoms with van der Waals surface area (Å²) in [6, 6.07) is 13.0. The van der Waals surface area contributed by atoms with Crippen LogP contribution < -0.4 is 10.6 Å². The molecule has 2 aliphatic rings. The zero-order chi connectivity index (χ0) is 24.0. The van der Waals surface area contributed by atoms with Gasteiger partial charge in [0.25, 0.3) is 0 Å². The highest BCUT2D eigenvalue weighted by Crippen LogP contribution is 2.40. The number of H-pyrrole nitrogens is 1. The van der Waals surface area contributed by atoms with Crippen molar-refractivity contribution in [3.63, 3.8) is 0 Å². The van der Waals surface area contributed by atoms with E-state index in [1.54, 1.807) is 22.6 Å². The Morgan fingerprint density at radius 3 is 2.57 bits per heavy atom. The second-order valence-corrected chi connectivity index (χ2v) is 11.0. The number of hydrogen-bond donors (Lipinski definition) is 3. The Labute approximate surface area is 203 Å². The third-order valence-electron chi connectivity index (χ3n) is 6.76. The number of benzene rings is 1. The molecule has 0 spiro atoms. The number of aryl methyl sites for hydroxylation is 1. The minimum absolute atomic E-state index is 0.0541. The summed E-state index contributed by atoms with van der Waals surface area (Å²) in [5.41, 5.74) is 1.77. The standard InChI is InChI=1S/C24H26N8O2S/c1-15-11-22(31-30-15)28-23-20-6-2-3-7-21(20)27-24(29-23)26-16-12-17-8-9-18(13-16)32(17)35(33,34)19-5-4-10-25-14-19/h2-7,10-11,14,16-18H,8-9,12-13H2,1H3,(H3,26,27,28,29,30,31)/t16?,17-,18+. The molecule has 6 rings (SSSR count). The summed E-state index contributed by atoms with van der Waals surface area (Å²) in [7, 11) is -3.57. The van der Waals surface area contributed by atoms with Crippen molar-refractivity contribution in [3.8, 4) is 0 Å². The van der Waals surface area contributed by atoms with Crippen molar-refractivity contribution in [2.75, 3.05) is 10.6 Å². The van der Waals surface area contributed by atoms with Gasteiger partial charge in [0.05, 0.1) is 5.52 Å². The fourth-order valence-electron chi connectivity index (χ4n) is 5.29. The molecule has 35 heavy (non-hydrogen) atoms. The van der Waals surface area contributed by atoms with Gasteiger partial charge in [-0.15, -0.1) is 0 Å². The SMILES string of the molecule is Cc1cc(Nc2nc(NC3C[C@H]4CC[C@@H](C3)N4S(=O)(=O)c3cccnc3)nc3ccccc23)n[nH]1. The maximum Gasteiger partial charge on any atom is 0.245 e. The fraction of sp³-hybridized carbons (Fsp3) is 0.333. The Morgan fingerprint density at radius 1 is 1.06 bits per heavy atom. The van der Waals surface area contributed by atoms with E-state index in [9.17, 15) is 8.42 Å². The number of piperidine rings is 1. The molecule has 2 fully saturated rings. The van der Waals surface area contributed by atoms with Gasteiger partial charge in [0, 0.05) is 47.7 Å². The van der Waals surface area contributed by atoms with E-state index in [4.69, 9.17) is 9.97 Å². The number of hydrogen-bond acceptors (Lipinski definition) is 8. The molecule has 0 aliphatic carbocycles. The van der Waals surface area contributed by atoms with Crippen LogP contribution in [0.3, 0.4) is 0 Å². The number of para-hydroxylation sites is 1. The number of rotatable bonds is 6.